The predicted octanol–water partition coefficient (Wildman–Crippen LogP) is 4.96. The molecule has 0 saturated carbocycles. The van der Waals surface area contributed by atoms with Crippen molar-refractivity contribution in [3.8, 4) is 5.75 Å². The summed E-state index contributed by atoms with van der Waals surface area (Å²) >= 11 is 0. The number of hydrogen-bond acceptors (Lipinski definition) is 6. The van der Waals surface area contributed by atoms with Gasteiger partial charge in [-0.25, -0.2) is 0 Å². The standard InChI is InChI=1S/C23H26N2O3.C5H10O2/c1-16-22(23(26)24-13-18-10-11-25(2)14-18)20-12-19(8-9-21(20)28-16)27-15-17-6-4-3-5-7-17;1-5(2,3)7-4-6/h3-9,12,18H,10-11,13-15H2,1-2H3,(H,24,26);4H,1-3H3. The lowest BCUT2D eigenvalue weighted by molar-refractivity contribution is -0.138. The molecule has 1 atom stereocenters. The maximum atomic E-state index is 12.8. The Morgan fingerprint density at radius 2 is 1.94 bits per heavy atom. The summed E-state index contributed by atoms with van der Waals surface area (Å²) < 4.78 is 16.3. The van der Waals surface area contributed by atoms with E-state index in [1.165, 1.54) is 0 Å². The van der Waals surface area contributed by atoms with Gasteiger partial charge in [-0.2, -0.15) is 0 Å². The molecule has 1 saturated heterocycles. The molecule has 0 bridgehead atoms. The normalized spacial score (nSPS) is 15.9. The van der Waals surface area contributed by atoms with E-state index in [1.54, 1.807) is 0 Å². The van der Waals surface area contributed by atoms with Crippen LogP contribution >= 0.6 is 0 Å². The van der Waals surface area contributed by atoms with Crippen LogP contribution in [0.15, 0.2) is 52.9 Å². The van der Waals surface area contributed by atoms with Crippen molar-refractivity contribution in [1.29, 1.82) is 0 Å². The Kier molecular flexibility index (Phi) is 8.93. The fraction of sp³-hybridized carbons (Fsp3) is 0.429. The topological polar surface area (TPSA) is 81.0 Å². The number of carbonyl (C=O) groups is 2. The maximum absolute atomic E-state index is 12.8. The van der Waals surface area contributed by atoms with Gasteiger partial charge in [0, 0.05) is 18.5 Å². The highest BCUT2D eigenvalue weighted by molar-refractivity contribution is 6.07. The first-order valence-corrected chi connectivity index (χ1v) is 11.9. The molecule has 7 heteroatoms. The first kappa shape index (κ1) is 26.3. The minimum atomic E-state index is -0.318. The number of fused-ring (bicyclic) bond motifs is 1. The Hall–Kier alpha value is -3.32. The molecular formula is C28H36N2O5. The summed E-state index contributed by atoms with van der Waals surface area (Å²) in [6.07, 6.45) is 1.12. The van der Waals surface area contributed by atoms with Crippen LogP contribution in [-0.4, -0.2) is 49.6 Å². The van der Waals surface area contributed by atoms with E-state index in [4.69, 9.17) is 9.15 Å². The molecule has 35 heavy (non-hydrogen) atoms. The molecule has 0 radical (unpaired) electrons. The van der Waals surface area contributed by atoms with Crippen LogP contribution in [0.1, 0.15) is 48.9 Å². The lowest BCUT2D eigenvalue weighted by Gasteiger charge is -2.14. The van der Waals surface area contributed by atoms with Gasteiger partial charge < -0.3 is 24.1 Å². The number of benzene rings is 2. The zero-order valence-electron chi connectivity index (χ0n) is 21.3. The molecule has 0 spiro atoms. The van der Waals surface area contributed by atoms with Gasteiger partial charge in [0.05, 0.1) is 5.56 Å². The first-order valence-electron chi connectivity index (χ1n) is 11.9. The molecule has 1 aliphatic heterocycles. The average Bonchev–Trinajstić information content (AvgIpc) is 3.37. The maximum Gasteiger partial charge on any atom is 0.293 e. The summed E-state index contributed by atoms with van der Waals surface area (Å²) in [6, 6.07) is 15.7. The second kappa shape index (κ2) is 11.9. The average molecular weight is 481 g/mol. The van der Waals surface area contributed by atoms with E-state index < -0.39 is 0 Å². The van der Waals surface area contributed by atoms with E-state index in [9.17, 15) is 9.59 Å². The molecule has 1 aliphatic rings. The number of amides is 1. The Labute approximate surface area is 207 Å². The molecule has 3 aromatic rings. The Bertz CT molecular complexity index is 1120. The molecule has 0 aliphatic carbocycles. The Morgan fingerprint density at radius 1 is 1.20 bits per heavy atom. The van der Waals surface area contributed by atoms with Crippen LogP contribution in [0.2, 0.25) is 0 Å². The van der Waals surface area contributed by atoms with Crippen LogP contribution in [0.5, 0.6) is 5.75 Å². The fourth-order valence-corrected chi connectivity index (χ4v) is 3.97. The van der Waals surface area contributed by atoms with Gasteiger partial charge in [0.25, 0.3) is 12.4 Å². The lowest BCUT2D eigenvalue weighted by Crippen LogP contribution is -2.30. The van der Waals surface area contributed by atoms with E-state index >= 15 is 0 Å². The van der Waals surface area contributed by atoms with Gasteiger partial charge in [0.1, 0.15) is 29.3 Å². The largest absolute Gasteiger partial charge is 0.489 e. The number of nitrogens with zero attached hydrogens (tertiary/aromatic N) is 1. The van der Waals surface area contributed by atoms with Gasteiger partial charge in [-0.3, -0.25) is 9.59 Å². The summed E-state index contributed by atoms with van der Waals surface area (Å²) in [4.78, 5) is 24.7. The van der Waals surface area contributed by atoms with Crippen molar-refractivity contribution in [3.63, 3.8) is 0 Å². The number of ether oxygens (including phenoxy) is 2. The monoisotopic (exact) mass is 480 g/mol. The minimum Gasteiger partial charge on any atom is -0.489 e. The van der Waals surface area contributed by atoms with Crippen molar-refractivity contribution in [3.05, 3.63) is 65.4 Å². The van der Waals surface area contributed by atoms with E-state index in [0.717, 1.165) is 36.2 Å². The zero-order valence-corrected chi connectivity index (χ0v) is 21.3. The smallest absolute Gasteiger partial charge is 0.293 e. The third kappa shape index (κ3) is 7.86. The second-order valence-electron chi connectivity index (χ2n) is 9.92. The number of nitrogens with one attached hydrogen (secondary N) is 1. The molecular weight excluding hydrogens is 444 g/mol. The highest BCUT2D eigenvalue weighted by atomic mass is 16.5. The summed E-state index contributed by atoms with van der Waals surface area (Å²) in [7, 11) is 2.12. The number of rotatable bonds is 7. The van der Waals surface area contributed by atoms with Crippen LogP contribution < -0.4 is 10.1 Å². The zero-order chi connectivity index (χ0) is 25.4. The number of carbonyl (C=O) groups excluding carboxylic acids is 2. The molecule has 4 rings (SSSR count). The third-order valence-electron chi connectivity index (χ3n) is 5.75. The van der Waals surface area contributed by atoms with Crippen molar-refractivity contribution >= 4 is 23.3 Å². The molecule has 1 N–H and O–H groups in total. The van der Waals surface area contributed by atoms with Gasteiger partial charge in [-0.1, -0.05) is 30.3 Å². The van der Waals surface area contributed by atoms with E-state index in [-0.39, 0.29) is 11.5 Å². The number of likely N-dealkylation sites (tertiary alicyclic amines) is 1. The van der Waals surface area contributed by atoms with Crippen molar-refractivity contribution in [1.82, 2.24) is 10.2 Å². The van der Waals surface area contributed by atoms with E-state index in [0.29, 0.717) is 42.4 Å². The van der Waals surface area contributed by atoms with Crippen molar-refractivity contribution < 1.29 is 23.5 Å². The molecule has 1 unspecified atom stereocenters. The first-order chi connectivity index (χ1) is 16.7. The van der Waals surface area contributed by atoms with Gasteiger partial charge in [-0.15, -0.1) is 0 Å². The minimum absolute atomic E-state index is 0.0778. The van der Waals surface area contributed by atoms with Crippen LogP contribution in [0, 0.1) is 12.8 Å². The summed E-state index contributed by atoms with van der Waals surface area (Å²) in [5.41, 5.74) is 2.09. The quantitative estimate of drug-likeness (QED) is 0.482. The number of hydrogen-bond donors (Lipinski definition) is 1. The van der Waals surface area contributed by atoms with Gasteiger partial charge in [0.15, 0.2) is 0 Å². The van der Waals surface area contributed by atoms with Crippen LogP contribution in [-0.2, 0) is 16.1 Å². The molecule has 1 aromatic heterocycles. The van der Waals surface area contributed by atoms with Crippen LogP contribution in [0.3, 0.4) is 0 Å². The Morgan fingerprint density at radius 3 is 2.54 bits per heavy atom. The molecule has 1 fully saturated rings. The highest BCUT2D eigenvalue weighted by Crippen LogP contribution is 2.29. The number of aryl methyl sites for hydroxylation is 1. The highest BCUT2D eigenvalue weighted by Gasteiger charge is 2.23. The van der Waals surface area contributed by atoms with Gasteiger partial charge in [-0.05, 0) is 77.4 Å². The van der Waals surface area contributed by atoms with Crippen molar-refractivity contribution in [2.75, 3.05) is 26.7 Å². The Balaban J connectivity index is 0.000000429. The molecule has 2 aromatic carbocycles. The van der Waals surface area contributed by atoms with Crippen molar-refractivity contribution in [2.45, 2.75) is 46.3 Å². The molecule has 7 nitrogen and oxygen atoms in total. The third-order valence-corrected chi connectivity index (χ3v) is 5.75. The van der Waals surface area contributed by atoms with E-state index in [2.05, 4.69) is 22.0 Å². The molecule has 188 valence electrons. The van der Waals surface area contributed by atoms with Crippen molar-refractivity contribution in [2.24, 2.45) is 5.92 Å². The molecule has 2 heterocycles. The van der Waals surface area contributed by atoms with Gasteiger partial charge >= 0.3 is 0 Å². The SMILES string of the molecule is CC(C)(C)OC=O.Cc1oc2ccc(OCc3ccccc3)cc2c1C(=O)NCC1CCN(C)C1. The lowest BCUT2D eigenvalue weighted by atomic mass is 10.1. The summed E-state index contributed by atoms with van der Waals surface area (Å²) in [5, 5.41) is 3.89. The predicted molar refractivity (Wildman–Crippen MR) is 137 cm³/mol. The van der Waals surface area contributed by atoms with Crippen LogP contribution in [0.25, 0.3) is 11.0 Å². The second-order valence-corrected chi connectivity index (χ2v) is 9.92. The van der Waals surface area contributed by atoms with Crippen LogP contribution in [0.4, 0.5) is 0 Å². The van der Waals surface area contributed by atoms with E-state index in [1.807, 2.05) is 76.2 Å². The molecule has 1 amide bonds. The summed E-state index contributed by atoms with van der Waals surface area (Å²) in [6.45, 7) is 11.1. The number of furan rings is 1. The fourth-order valence-electron chi connectivity index (χ4n) is 3.97. The van der Waals surface area contributed by atoms with Gasteiger partial charge in [0.2, 0.25) is 0 Å². The summed E-state index contributed by atoms with van der Waals surface area (Å²) in [5.74, 6) is 1.79.